The van der Waals surface area contributed by atoms with E-state index in [4.69, 9.17) is 9.84 Å². The van der Waals surface area contributed by atoms with Crippen LogP contribution in [-0.2, 0) is 24.2 Å². The highest BCUT2D eigenvalue weighted by Gasteiger charge is 2.32. The van der Waals surface area contributed by atoms with Crippen LogP contribution in [0, 0.1) is 0 Å². The van der Waals surface area contributed by atoms with E-state index in [0.717, 1.165) is 0 Å². The summed E-state index contributed by atoms with van der Waals surface area (Å²) in [6.45, 7) is 3.35. The quantitative estimate of drug-likeness (QED) is 0.615. The van der Waals surface area contributed by atoms with Crippen molar-refractivity contribution in [1.29, 1.82) is 0 Å². The Morgan fingerprint density at radius 3 is 2.33 bits per heavy atom. The van der Waals surface area contributed by atoms with Gasteiger partial charge in [-0.1, -0.05) is 6.92 Å². The monoisotopic (exact) mass is 281 g/mol. The van der Waals surface area contributed by atoms with Crippen molar-refractivity contribution < 1.29 is 27.9 Å². The first kappa shape index (κ1) is 16.9. The Morgan fingerprint density at radius 2 is 1.94 bits per heavy atom. The van der Waals surface area contributed by atoms with Gasteiger partial charge in [0, 0.05) is 13.2 Å². The number of carbonyl (C=O) groups excluding carboxylic acids is 1. The average molecular weight is 281 g/mol. The summed E-state index contributed by atoms with van der Waals surface area (Å²) < 4.78 is 28.1. The third kappa shape index (κ3) is 5.46. The van der Waals surface area contributed by atoms with Gasteiger partial charge in [-0.2, -0.15) is 0 Å². The number of hydrogen-bond acceptors (Lipinski definition) is 5. The molecule has 2 unspecified atom stereocenters. The zero-order valence-corrected chi connectivity index (χ0v) is 11.5. The number of carboxylic acid groups (broad SMARTS) is 1. The molecule has 2 atom stereocenters. The highest BCUT2D eigenvalue weighted by atomic mass is 32.2. The van der Waals surface area contributed by atoms with Gasteiger partial charge in [0.05, 0.1) is 6.61 Å². The molecule has 0 radical (unpaired) electrons. The van der Waals surface area contributed by atoms with E-state index in [1.54, 1.807) is 6.92 Å². The summed E-state index contributed by atoms with van der Waals surface area (Å²) in [6, 6.07) is -0.331. The molecular weight excluding hydrogens is 262 g/mol. The fraction of sp³-hybridized carbons (Fsp3) is 0.800. The van der Waals surface area contributed by atoms with Crippen LogP contribution in [0.2, 0.25) is 0 Å². The third-order valence-corrected chi connectivity index (χ3v) is 4.30. The summed E-state index contributed by atoms with van der Waals surface area (Å²) in [4.78, 5) is 22.2. The Hall–Kier alpha value is -1.15. The second kappa shape index (κ2) is 7.32. The molecule has 1 amide bonds. The van der Waals surface area contributed by atoms with E-state index in [0.29, 0.717) is 0 Å². The number of amides is 1. The van der Waals surface area contributed by atoms with Gasteiger partial charge >= 0.3 is 5.97 Å². The predicted molar refractivity (Wildman–Crippen MR) is 65.0 cm³/mol. The molecule has 0 bridgehead atoms. The Bertz CT molecular complexity index is 391. The molecule has 0 saturated heterocycles. The molecule has 0 heterocycles. The largest absolute Gasteiger partial charge is 0.480 e. The number of ether oxygens (including phenoxy) is 1. The summed E-state index contributed by atoms with van der Waals surface area (Å²) in [5.74, 6) is -2.99. The van der Waals surface area contributed by atoms with E-state index >= 15 is 0 Å². The molecule has 0 fully saturated rings. The van der Waals surface area contributed by atoms with Crippen LogP contribution in [0.5, 0.6) is 0 Å². The van der Waals surface area contributed by atoms with Crippen molar-refractivity contribution in [2.24, 2.45) is 0 Å². The van der Waals surface area contributed by atoms with E-state index < -0.39 is 32.7 Å². The normalized spacial score (nSPS) is 14.8. The zero-order valence-electron chi connectivity index (χ0n) is 10.7. The van der Waals surface area contributed by atoms with Gasteiger partial charge in [0.25, 0.3) is 0 Å². The Morgan fingerprint density at radius 1 is 1.39 bits per heavy atom. The number of aliphatic carboxylic acids is 1. The topological polar surface area (TPSA) is 110 Å². The molecule has 106 valence electrons. The minimum absolute atomic E-state index is 0.0709. The van der Waals surface area contributed by atoms with Crippen molar-refractivity contribution >= 4 is 21.7 Å². The molecule has 7 nitrogen and oxygen atoms in total. The summed E-state index contributed by atoms with van der Waals surface area (Å²) in [6.07, 6.45) is -0.0709. The van der Waals surface area contributed by atoms with Crippen LogP contribution in [0.4, 0.5) is 0 Å². The molecule has 8 heteroatoms. The van der Waals surface area contributed by atoms with Gasteiger partial charge in [-0.3, -0.25) is 9.59 Å². The average Bonchev–Trinajstić information content (AvgIpc) is 2.15. The van der Waals surface area contributed by atoms with Crippen molar-refractivity contribution in [3.63, 3.8) is 0 Å². The number of nitrogens with one attached hydrogen (secondary N) is 1. The highest BCUT2D eigenvalue weighted by molar-refractivity contribution is 7.93. The molecular formula is C10H19NO6S. The lowest BCUT2D eigenvalue weighted by Crippen LogP contribution is -2.42. The first-order chi connectivity index (χ1) is 8.24. The van der Waals surface area contributed by atoms with Crippen LogP contribution in [0.3, 0.4) is 0 Å². The molecule has 0 aromatic rings. The summed E-state index contributed by atoms with van der Waals surface area (Å²) in [5.41, 5.74) is 0. The van der Waals surface area contributed by atoms with Gasteiger partial charge in [0.15, 0.2) is 15.1 Å². The van der Waals surface area contributed by atoms with Gasteiger partial charge < -0.3 is 15.2 Å². The van der Waals surface area contributed by atoms with Crippen molar-refractivity contribution in [3.05, 3.63) is 0 Å². The Balaban J connectivity index is 4.58. The molecule has 0 rings (SSSR count). The Labute approximate surface area is 106 Å². The maximum atomic E-state index is 11.7. The molecule has 0 saturated carbocycles. The van der Waals surface area contributed by atoms with Gasteiger partial charge in [0.2, 0.25) is 5.91 Å². The third-order valence-electron chi connectivity index (χ3n) is 2.24. The van der Waals surface area contributed by atoms with Gasteiger partial charge in [-0.15, -0.1) is 0 Å². The van der Waals surface area contributed by atoms with Crippen LogP contribution in [0.25, 0.3) is 0 Å². The Kier molecular flexibility index (Phi) is 6.85. The number of carbonyl (C=O) groups is 2. The van der Waals surface area contributed by atoms with E-state index in [9.17, 15) is 18.0 Å². The van der Waals surface area contributed by atoms with Gasteiger partial charge in [0.1, 0.15) is 5.75 Å². The highest BCUT2D eigenvalue weighted by Crippen LogP contribution is 2.07. The maximum Gasteiger partial charge on any atom is 0.321 e. The van der Waals surface area contributed by atoms with Crippen LogP contribution < -0.4 is 5.32 Å². The van der Waals surface area contributed by atoms with Crippen LogP contribution >= 0.6 is 0 Å². The molecule has 0 aromatic heterocycles. The molecule has 0 spiro atoms. The number of carboxylic acids is 1. The van der Waals surface area contributed by atoms with E-state index in [-0.39, 0.29) is 19.1 Å². The van der Waals surface area contributed by atoms with E-state index in [1.807, 2.05) is 0 Å². The summed E-state index contributed by atoms with van der Waals surface area (Å²) in [5, 5.41) is 9.64. The smallest absolute Gasteiger partial charge is 0.321 e. The standard InChI is InChI=1S/C10H19NO6S/c1-4-8(10(13)14)18(15,16)6-9(12)11-7(2)5-17-3/h7-8H,4-6H2,1-3H3,(H,11,12)(H,13,14). The number of methoxy groups -OCH3 is 1. The van der Waals surface area contributed by atoms with Crippen molar-refractivity contribution in [1.82, 2.24) is 5.32 Å². The van der Waals surface area contributed by atoms with E-state index in [2.05, 4.69) is 5.32 Å². The zero-order chi connectivity index (χ0) is 14.3. The first-order valence-corrected chi connectivity index (χ1v) is 7.18. The fourth-order valence-corrected chi connectivity index (χ4v) is 2.94. The fourth-order valence-electron chi connectivity index (χ4n) is 1.47. The minimum atomic E-state index is -3.98. The van der Waals surface area contributed by atoms with E-state index in [1.165, 1.54) is 14.0 Å². The second-order valence-electron chi connectivity index (χ2n) is 3.97. The van der Waals surface area contributed by atoms with Crippen LogP contribution in [-0.4, -0.2) is 56.2 Å². The minimum Gasteiger partial charge on any atom is -0.480 e. The lowest BCUT2D eigenvalue weighted by Gasteiger charge is -2.14. The SMILES string of the molecule is CCC(C(=O)O)S(=O)(=O)CC(=O)NC(C)COC. The van der Waals surface area contributed by atoms with Gasteiger partial charge in [-0.25, -0.2) is 8.42 Å². The molecule has 0 aliphatic heterocycles. The molecule has 2 N–H and O–H groups in total. The maximum absolute atomic E-state index is 11.7. The second-order valence-corrected chi connectivity index (χ2v) is 6.15. The number of rotatable bonds is 8. The summed E-state index contributed by atoms with van der Waals surface area (Å²) in [7, 11) is -2.53. The van der Waals surface area contributed by atoms with Crippen molar-refractivity contribution in [3.8, 4) is 0 Å². The first-order valence-electron chi connectivity index (χ1n) is 5.47. The summed E-state index contributed by atoms with van der Waals surface area (Å²) >= 11 is 0. The molecule has 18 heavy (non-hydrogen) atoms. The number of sulfone groups is 1. The van der Waals surface area contributed by atoms with Gasteiger partial charge in [-0.05, 0) is 13.3 Å². The van der Waals surface area contributed by atoms with Crippen molar-refractivity contribution in [2.45, 2.75) is 31.6 Å². The van der Waals surface area contributed by atoms with Crippen molar-refractivity contribution in [2.75, 3.05) is 19.5 Å². The molecule has 0 aliphatic rings. The number of hydrogen-bond donors (Lipinski definition) is 2. The van der Waals surface area contributed by atoms with Crippen LogP contribution in [0.15, 0.2) is 0 Å². The molecule has 0 aromatic carbocycles. The lowest BCUT2D eigenvalue weighted by atomic mass is 10.3. The van der Waals surface area contributed by atoms with Crippen LogP contribution in [0.1, 0.15) is 20.3 Å². The lowest BCUT2D eigenvalue weighted by molar-refractivity contribution is -0.136. The molecule has 0 aliphatic carbocycles. The predicted octanol–water partition coefficient (Wildman–Crippen LogP) is -0.584.